The fourth-order valence-corrected chi connectivity index (χ4v) is 1.75. The molecule has 2 heterocycles. The molecule has 1 amide bonds. The fraction of sp³-hybridized carbons (Fsp3) is 0.333. The number of carbonyl (C=O) groups excluding carboxylic acids is 1. The largest absolute Gasteiger partial charge is 0.368 e. The van der Waals surface area contributed by atoms with E-state index in [0.717, 1.165) is 22.8 Å². The van der Waals surface area contributed by atoms with Crippen molar-refractivity contribution < 1.29 is 4.79 Å². The molecule has 6 heteroatoms. The van der Waals surface area contributed by atoms with Gasteiger partial charge < -0.3 is 10.6 Å². The van der Waals surface area contributed by atoms with Crippen molar-refractivity contribution in [1.82, 2.24) is 15.0 Å². The summed E-state index contributed by atoms with van der Waals surface area (Å²) in [6.45, 7) is 6.21. The highest BCUT2D eigenvalue weighted by Gasteiger charge is 2.05. The molecular formula is C15H19N5O. The highest BCUT2D eigenvalue weighted by Crippen LogP contribution is 2.09. The fourth-order valence-electron chi connectivity index (χ4n) is 1.75. The number of hydrogen-bond acceptors (Lipinski definition) is 5. The van der Waals surface area contributed by atoms with Crippen LogP contribution in [0.4, 0.5) is 11.6 Å². The third-order valence-corrected chi connectivity index (χ3v) is 2.90. The number of amides is 1. The van der Waals surface area contributed by atoms with Gasteiger partial charge in [0.15, 0.2) is 0 Å². The van der Waals surface area contributed by atoms with Gasteiger partial charge in [-0.15, -0.1) is 0 Å². The average molecular weight is 285 g/mol. The summed E-state index contributed by atoms with van der Waals surface area (Å²) >= 11 is 0. The molecule has 21 heavy (non-hydrogen) atoms. The summed E-state index contributed by atoms with van der Waals surface area (Å²) in [5.41, 5.74) is 2.72. The SMILES string of the molecule is Cc1ccc(NC(=O)CCNc2nc(C)cnc2C)nc1. The Kier molecular flexibility index (Phi) is 4.81. The van der Waals surface area contributed by atoms with Crippen molar-refractivity contribution in [2.24, 2.45) is 0 Å². The lowest BCUT2D eigenvalue weighted by molar-refractivity contribution is -0.116. The topological polar surface area (TPSA) is 79.8 Å². The molecule has 0 aromatic carbocycles. The Morgan fingerprint density at radius 3 is 2.67 bits per heavy atom. The highest BCUT2D eigenvalue weighted by atomic mass is 16.1. The van der Waals surface area contributed by atoms with Crippen LogP contribution >= 0.6 is 0 Å². The summed E-state index contributed by atoms with van der Waals surface area (Å²) in [6, 6.07) is 3.70. The molecule has 0 saturated heterocycles. The molecule has 2 rings (SSSR count). The van der Waals surface area contributed by atoms with Gasteiger partial charge in [0.05, 0.1) is 11.4 Å². The van der Waals surface area contributed by atoms with Crippen LogP contribution in [0.2, 0.25) is 0 Å². The monoisotopic (exact) mass is 285 g/mol. The van der Waals surface area contributed by atoms with Crippen molar-refractivity contribution in [2.75, 3.05) is 17.2 Å². The minimum atomic E-state index is -0.0860. The number of hydrogen-bond donors (Lipinski definition) is 2. The standard InChI is InChI=1S/C15H19N5O/c1-10-4-5-13(18-8-10)20-14(21)6-7-16-15-12(3)17-9-11(2)19-15/h4-5,8-9H,6-7H2,1-3H3,(H,16,19)(H,18,20,21). The van der Waals surface area contributed by atoms with E-state index in [0.29, 0.717) is 18.8 Å². The van der Waals surface area contributed by atoms with Crippen LogP contribution in [0.15, 0.2) is 24.5 Å². The van der Waals surface area contributed by atoms with E-state index in [2.05, 4.69) is 25.6 Å². The van der Waals surface area contributed by atoms with Crippen molar-refractivity contribution >= 4 is 17.5 Å². The van der Waals surface area contributed by atoms with Gasteiger partial charge in [-0.2, -0.15) is 0 Å². The van der Waals surface area contributed by atoms with Gasteiger partial charge in [0.1, 0.15) is 11.6 Å². The molecule has 2 aromatic rings. The zero-order chi connectivity index (χ0) is 15.2. The van der Waals surface area contributed by atoms with E-state index in [1.165, 1.54) is 0 Å². The molecule has 110 valence electrons. The minimum absolute atomic E-state index is 0.0860. The van der Waals surface area contributed by atoms with Crippen LogP contribution in [0.5, 0.6) is 0 Å². The second kappa shape index (κ2) is 6.78. The summed E-state index contributed by atoms with van der Waals surface area (Å²) in [7, 11) is 0. The van der Waals surface area contributed by atoms with Gasteiger partial charge in [-0.05, 0) is 32.4 Å². The molecule has 2 N–H and O–H groups in total. The first-order chi connectivity index (χ1) is 10.0. The molecule has 0 bridgehead atoms. The smallest absolute Gasteiger partial charge is 0.227 e. The molecule has 0 saturated carbocycles. The van der Waals surface area contributed by atoms with Crippen LogP contribution in [0.25, 0.3) is 0 Å². The Balaban J connectivity index is 1.81. The Morgan fingerprint density at radius 1 is 1.14 bits per heavy atom. The molecule has 0 radical (unpaired) electrons. The number of pyridine rings is 1. The molecule has 0 aliphatic carbocycles. The predicted molar refractivity (Wildman–Crippen MR) is 82.2 cm³/mol. The van der Waals surface area contributed by atoms with Crippen LogP contribution in [0, 0.1) is 20.8 Å². The van der Waals surface area contributed by atoms with E-state index < -0.39 is 0 Å². The number of nitrogens with one attached hydrogen (secondary N) is 2. The maximum atomic E-state index is 11.8. The zero-order valence-corrected chi connectivity index (χ0v) is 12.5. The van der Waals surface area contributed by atoms with Gasteiger partial charge in [0.25, 0.3) is 0 Å². The molecule has 0 aliphatic heterocycles. The summed E-state index contributed by atoms with van der Waals surface area (Å²) in [4.78, 5) is 24.5. The third-order valence-electron chi connectivity index (χ3n) is 2.90. The van der Waals surface area contributed by atoms with Crippen molar-refractivity contribution in [2.45, 2.75) is 27.2 Å². The summed E-state index contributed by atoms with van der Waals surface area (Å²) in [6.07, 6.45) is 3.78. The number of carbonyl (C=O) groups is 1. The van der Waals surface area contributed by atoms with E-state index in [1.807, 2.05) is 26.8 Å². The normalized spacial score (nSPS) is 10.2. The zero-order valence-electron chi connectivity index (χ0n) is 12.5. The van der Waals surface area contributed by atoms with Crippen LogP contribution in [-0.4, -0.2) is 27.4 Å². The van der Waals surface area contributed by atoms with Crippen LogP contribution in [0.1, 0.15) is 23.4 Å². The van der Waals surface area contributed by atoms with E-state index in [9.17, 15) is 4.79 Å². The second-order valence-electron chi connectivity index (χ2n) is 4.89. The summed E-state index contributed by atoms with van der Waals surface area (Å²) < 4.78 is 0. The Hall–Kier alpha value is -2.50. The first-order valence-electron chi connectivity index (χ1n) is 6.81. The second-order valence-corrected chi connectivity index (χ2v) is 4.89. The van der Waals surface area contributed by atoms with Gasteiger partial charge in [-0.1, -0.05) is 6.07 Å². The van der Waals surface area contributed by atoms with Crippen molar-refractivity contribution in [3.05, 3.63) is 41.5 Å². The summed E-state index contributed by atoms with van der Waals surface area (Å²) in [5.74, 6) is 1.20. The number of nitrogens with zero attached hydrogens (tertiary/aromatic N) is 3. The Morgan fingerprint density at radius 2 is 1.95 bits per heavy atom. The minimum Gasteiger partial charge on any atom is -0.368 e. The van der Waals surface area contributed by atoms with E-state index in [-0.39, 0.29) is 5.91 Å². The van der Waals surface area contributed by atoms with E-state index in [4.69, 9.17) is 0 Å². The van der Waals surface area contributed by atoms with Crippen LogP contribution < -0.4 is 10.6 Å². The first kappa shape index (κ1) is 14.9. The van der Waals surface area contributed by atoms with E-state index >= 15 is 0 Å². The lowest BCUT2D eigenvalue weighted by atomic mass is 10.3. The highest BCUT2D eigenvalue weighted by molar-refractivity contribution is 5.90. The molecule has 2 aromatic heterocycles. The van der Waals surface area contributed by atoms with Gasteiger partial charge in [0.2, 0.25) is 5.91 Å². The Bertz CT molecular complexity index is 624. The number of aryl methyl sites for hydroxylation is 3. The predicted octanol–water partition coefficient (Wildman–Crippen LogP) is 2.24. The van der Waals surface area contributed by atoms with Crippen LogP contribution in [0.3, 0.4) is 0 Å². The first-order valence-corrected chi connectivity index (χ1v) is 6.81. The van der Waals surface area contributed by atoms with Crippen molar-refractivity contribution in [1.29, 1.82) is 0 Å². The third kappa shape index (κ3) is 4.52. The lowest BCUT2D eigenvalue weighted by Crippen LogP contribution is -2.17. The van der Waals surface area contributed by atoms with Gasteiger partial charge >= 0.3 is 0 Å². The quantitative estimate of drug-likeness (QED) is 0.880. The Labute approximate surface area is 124 Å². The molecular weight excluding hydrogens is 266 g/mol. The maximum absolute atomic E-state index is 11.8. The van der Waals surface area contributed by atoms with Crippen LogP contribution in [-0.2, 0) is 4.79 Å². The lowest BCUT2D eigenvalue weighted by Gasteiger charge is -2.09. The molecule has 0 spiro atoms. The molecule has 0 atom stereocenters. The van der Waals surface area contributed by atoms with Gasteiger partial charge in [-0.3, -0.25) is 9.78 Å². The van der Waals surface area contributed by atoms with Crippen molar-refractivity contribution in [3.8, 4) is 0 Å². The number of aromatic nitrogens is 3. The molecule has 0 aliphatic rings. The number of rotatable bonds is 5. The van der Waals surface area contributed by atoms with Gasteiger partial charge in [-0.25, -0.2) is 9.97 Å². The molecule has 0 fully saturated rings. The average Bonchev–Trinajstić information content (AvgIpc) is 2.45. The van der Waals surface area contributed by atoms with Gasteiger partial charge in [0, 0.05) is 25.4 Å². The molecule has 6 nitrogen and oxygen atoms in total. The summed E-state index contributed by atoms with van der Waals surface area (Å²) in [5, 5.41) is 5.88. The maximum Gasteiger partial charge on any atom is 0.227 e. The number of anilines is 2. The van der Waals surface area contributed by atoms with Crippen molar-refractivity contribution in [3.63, 3.8) is 0 Å². The molecule has 0 unspecified atom stereocenters. The van der Waals surface area contributed by atoms with E-state index in [1.54, 1.807) is 18.5 Å².